The summed E-state index contributed by atoms with van der Waals surface area (Å²) in [6.45, 7) is 0. The van der Waals surface area contributed by atoms with Gasteiger partial charge in [0.05, 0.1) is 22.7 Å². The van der Waals surface area contributed by atoms with Crippen LogP contribution < -0.4 is 5.32 Å². The lowest BCUT2D eigenvalue weighted by molar-refractivity contribution is -0.143. The first-order valence-corrected chi connectivity index (χ1v) is 10.7. The average Bonchev–Trinajstić information content (AvgIpc) is 3.39. The normalized spacial score (nSPS) is 19.3. The van der Waals surface area contributed by atoms with Crippen LogP contribution in [0.2, 0.25) is 0 Å². The number of H-pyrrole nitrogens is 1. The number of carboxylic acid groups (broad SMARTS) is 1. The van der Waals surface area contributed by atoms with Gasteiger partial charge in [0.25, 0.3) is 0 Å². The van der Waals surface area contributed by atoms with E-state index in [4.69, 9.17) is 4.98 Å². The molecule has 10 heteroatoms. The van der Waals surface area contributed by atoms with Crippen molar-refractivity contribution >= 4 is 28.2 Å². The predicted molar refractivity (Wildman–Crippen MR) is 117 cm³/mol. The number of hydrogen-bond donors (Lipinski definition) is 3. The minimum Gasteiger partial charge on any atom is -0.481 e. The van der Waals surface area contributed by atoms with Gasteiger partial charge in [-0.3, -0.25) is 9.20 Å². The van der Waals surface area contributed by atoms with Crippen LogP contribution >= 0.6 is 0 Å². The van der Waals surface area contributed by atoms with Crippen molar-refractivity contribution in [1.29, 1.82) is 0 Å². The second-order valence-electron chi connectivity index (χ2n) is 8.40. The molecule has 7 nitrogen and oxygen atoms in total. The fourth-order valence-corrected chi connectivity index (χ4v) is 4.84. The number of benzene rings is 1. The number of aliphatic carboxylic acids is 1. The van der Waals surface area contributed by atoms with E-state index in [0.29, 0.717) is 53.8 Å². The maximum absolute atomic E-state index is 13.5. The summed E-state index contributed by atoms with van der Waals surface area (Å²) in [5.41, 5.74) is 0.922. The highest BCUT2D eigenvalue weighted by Crippen LogP contribution is 2.40. The number of nitrogens with one attached hydrogen (secondary N) is 2. The highest BCUT2D eigenvalue weighted by Gasteiger charge is 2.34. The van der Waals surface area contributed by atoms with Crippen LogP contribution in [0.4, 0.5) is 19.0 Å². The SMILES string of the molecule is CNc1nccn2c(C3CCC(C(=O)O)CC3)nc(-c3cc4cccc(C(F)(F)F)c4[nH]3)c12. The lowest BCUT2D eigenvalue weighted by atomic mass is 9.81. The molecule has 3 heterocycles. The zero-order valence-corrected chi connectivity index (χ0v) is 17.8. The van der Waals surface area contributed by atoms with Gasteiger partial charge in [-0.2, -0.15) is 13.2 Å². The first kappa shape index (κ1) is 21.3. The number of carboxylic acids is 1. The van der Waals surface area contributed by atoms with E-state index in [2.05, 4.69) is 15.3 Å². The van der Waals surface area contributed by atoms with E-state index in [1.54, 1.807) is 31.6 Å². The van der Waals surface area contributed by atoms with Gasteiger partial charge in [0.1, 0.15) is 17.0 Å². The molecular weight excluding hydrogens is 435 g/mol. The second-order valence-corrected chi connectivity index (χ2v) is 8.40. The van der Waals surface area contributed by atoms with Crippen LogP contribution in [0.15, 0.2) is 36.7 Å². The monoisotopic (exact) mass is 457 g/mol. The van der Waals surface area contributed by atoms with Gasteiger partial charge in [0, 0.05) is 30.7 Å². The number of aromatic amines is 1. The number of hydrogen-bond acceptors (Lipinski definition) is 4. The lowest BCUT2D eigenvalue weighted by Gasteiger charge is -2.25. The zero-order chi connectivity index (χ0) is 23.3. The van der Waals surface area contributed by atoms with Gasteiger partial charge in [-0.05, 0) is 37.8 Å². The third-order valence-corrected chi connectivity index (χ3v) is 6.48. The largest absolute Gasteiger partial charge is 0.481 e. The van der Waals surface area contributed by atoms with Gasteiger partial charge in [0.15, 0.2) is 5.82 Å². The molecule has 3 aromatic heterocycles. The summed E-state index contributed by atoms with van der Waals surface area (Å²) in [7, 11) is 1.73. The molecule has 0 aliphatic heterocycles. The van der Waals surface area contributed by atoms with Crippen molar-refractivity contribution in [2.45, 2.75) is 37.8 Å². The van der Waals surface area contributed by atoms with E-state index >= 15 is 0 Å². The Morgan fingerprint density at radius 2 is 2.00 bits per heavy atom. The molecule has 0 unspecified atom stereocenters. The standard InChI is InChI=1S/C23H22F3N5O2/c1-27-20-19-18(16-11-14-3-2-4-15(17(14)29-16)23(24,25)26)30-21(31(19)10-9-28-20)12-5-7-13(8-6-12)22(32)33/h2-4,9-13,29H,5-8H2,1H3,(H,27,28)(H,32,33). The molecule has 3 N–H and O–H groups in total. The fourth-order valence-electron chi connectivity index (χ4n) is 4.84. The van der Waals surface area contributed by atoms with Crippen LogP contribution in [0.25, 0.3) is 27.8 Å². The molecule has 1 aromatic carbocycles. The molecule has 0 bridgehead atoms. The Bertz CT molecular complexity index is 1350. The maximum atomic E-state index is 13.5. The lowest BCUT2D eigenvalue weighted by Crippen LogP contribution is -2.21. The number of nitrogens with zero attached hydrogens (tertiary/aromatic N) is 3. The molecule has 0 amide bonds. The van der Waals surface area contributed by atoms with Gasteiger partial charge in [-0.1, -0.05) is 12.1 Å². The number of para-hydroxylation sites is 1. The van der Waals surface area contributed by atoms with Crippen molar-refractivity contribution in [2.24, 2.45) is 5.92 Å². The van der Waals surface area contributed by atoms with Crippen molar-refractivity contribution in [3.63, 3.8) is 0 Å². The fraction of sp³-hybridized carbons (Fsp3) is 0.348. The van der Waals surface area contributed by atoms with Gasteiger partial charge in [-0.25, -0.2) is 9.97 Å². The Kier molecular flexibility index (Phi) is 5.02. The van der Waals surface area contributed by atoms with Crippen LogP contribution in [-0.4, -0.2) is 37.5 Å². The van der Waals surface area contributed by atoms with E-state index < -0.39 is 17.7 Å². The first-order chi connectivity index (χ1) is 15.8. The highest BCUT2D eigenvalue weighted by atomic mass is 19.4. The Balaban J connectivity index is 1.66. The summed E-state index contributed by atoms with van der Waals surface area (Å²) in [6.07, 6.45) is 1.43. The van der Waals surface area contributed by atoms with Crippen molar-refractivity contribution in [3.05, 3.63) is 48.0 Å². The quantitative estimate of drug-likeness (QED) is 0.387. The zero-order valence-electron chi connectivity index (χ0n) is 17.8. The molecule has 0 saturated heterocycles. The Labute approximate surface area is 186 Å². The number of fused-ring (bicyclic) bond motifs is 2. The van der Waals surface area contributed by atoms with Crippen LogP contribution in [0.5, 0.6) is 0 Å². The van der Waals surface area contributed by atoms with E-state index in [9.17, 15) is 23.1 Å². The van der Waals surface area contributed by atoms with Crippen molar-refractivity contribution in [2.75, 3.05) is 12.4 Å². The summed E-state index contributed by atoms with van der Waals surface area (Å²) < 4.78 is 42.5. The summed E-state index contributed by atoms with van der Waals surface area (Å²) in [5.74, 6) is 0.236. The van der Waals surface area contributed by atoms with Gasteiger partial charge in [0.2, 0.25) is 0 Å². The Morgan fingerprint density at radius 1 is 1.24 bits per heavy atom. The molecule has 33 heavy (non-hydrogen) atoms. The summed E-state index contributed by atoms with van der Waals surface area (Å²) >= 11 is 0. The Morgan fingerprint density at radius 3 is 2.67 bits per heavy atom. The summed E-state index contributed by atoms with van der Waals surface area (Å²) in [5, 5.41) is 12.8. The Hall–Kier alpha value is -3.56. The number of aromatic nitrogens is 4. The second kappa shape index (κ2) is 7.79. The molecule has 0 radical (unpaired) electrons. The topological polar surface area (TPSA) is 95.3 Å². The molecule has 1 aliphatic rings. The van der Waals surface area contributed by atoms with Crippen LogP contribution in [0.1, 0.15) is 43.0 Å². The highest BCUT2D eigenvalue weighted by molar-refractivity contribution is 5.93. The molecule has 1 saturated carbocycles. The molecule has 0 atom stereocenters. The third-order valence-electron chi connectivity index (χ3n) is 6.48. The predicted octanol–water partition coefficient (Wildman–Crippen LogP) is 5.30. The maximum Gasteiger partial charge on any atom is 0.418 e. The van der Waals surface area contributed by atoms with E-state index in [-0.39, 0.29) is 17.4 Å². The van der Waals surface area contributed by atoms with Crippen molar-refractivity contribution in [3.8, 4) is 11.4 Å². The minimum atomic E-state index is -4.48. The van der Waals surface area contributed by atoms with E-state index in [1.807, 2.05) is 4.40 Å². The van der Waals surface area contributed by atoms with Gasteiger partial charge >= 0.3 is 12.1 Å². The first-order valence-electron chi connectivity index (χ1n) is 10.7. The average molecular weight is 457 g/mol. The van der Waals surface area contributed by atoms with E-state index in [0.717, 1.165) is 11.9 Å². The summed E-state index contributed by atoms with van der Waals surface area (Å²) in [4.78, 5) is 23.5. The summed E-state index contributed by atoms with van der Waals surface area (Å²) in [6, 6.07) is 5.75. The minimum absolute atomic E-state index is 0.0135. The molecule has 1 aliphatic carbocycles. The number of anilines is 1. The molecule has 1 fully saturated rings. The smallest absolute Gasteiger partial charge is 0.418 e. The van der Waals surface area contributed by atoms with Crippen LogP contribution in [-0.2, 0) is 11.0 Å². The number of alkyl halides is 3. The van der Waals surface area contributed by atoms with Gasteiger partial charge < -0.3 is 15.4 Å². The van der Waals surface area contributed by atoms with Crippen LogP contribution in [0.3, 0.4) is 0 Å². The number of rotatable bonds is 4. The van der Waals surface area contributed by atoms with Crippen LogP contribution in [0, 0.1) is 5.92 Å². The van der Waals surface area contributed by atoms with E-state index in [1.165, 1.54) is 6.07 Å². The third kappa shape index (κ3) is 3.59. The van der Waals surface area contributed by atoms with Crippen molar-refractivity contribution in [1.82, 2.24) is 19.4 Å². The molecular formula is C23H22F3N5O2. The number of imidazole rings is 1. The van der Waals surface area contributed by atoms with Crippen molar-refractivity contribution < 1.29 is 23.1 Å². The molecule has 5 rings (SSSR count). The van der Waals surface area contributed by atoms with Gasteiger partial charge in [-0.15, -0.1) is 0 Å². The molecule has 4 aromatic rings. The number of carbonyl (C=O) groups is 1. The number of halogens is 3. The molecule has 0 spiro atoms. The molecule has 172 valence electrons.